The largest absolute Gasteiger partial charge is 0.395 e. The van der Waals surface area contributed by atoms with Crippen molar-refractivity contribution in [2.24, 2.45) is 5.92 Å². The van der Waals surface area contributed by atoms with E-state index in [-0.39, 0.29) is 8.03 Å². The fraction of sp³-hybridized carbons (Fsp3) is 0.600. The molecule has 0 unspecified atom stereocenters. The Morgan fingerprint density at radius 2 is 2.10 bits per heavy atom. The van der Waals surface area contributed by atoms with Gasteiger partial charge in [-0.1, -0.05) is 13.0 Å². The van der Waals surface area contributed by atoms with E-state index in [9.17, 15) is 26.7 Å². The number of sulfonamides is 1. The Morgan fingerprint density at radius 3 is 2.50 bits per heavy atom. The molecule has 10 heteroatoms. The molecule has 2 atom stereocenters. The van der Waals surface area contributed by atoms with Crippen LogP contribution in [0.5, 0.6) is 0 Å². The van der Waals surface area contributed by atoms with Crippen molar-refractivity contribution in [2.45, 2.75) is 29.8 Å². The first kappa shape index (κ1) is 17.7. The number of aliphatic hydroxyl groups is 1. The summed E-state index contributed by atoms with van der Waals surface area (Å²) in [5.41, 5.74) is 0. The number of hydrogen-bond donors (Lipinski definition) is 1. The van der Waals surface area contributed by atoms with Crippen LogP contribution in [0.1, 0.15) is 13.3 Å². The predicted octanol–water partition coefficient (Wildman–Crippen LogP) is 2.84. The van der Waals surface area contributed by atoms with E-state index in [4.69, 9.17) is 11.8 Å². The van der Waals surface area contributed by atoms with Crippen LogP contribution in [-0.4, -0.2) is 36.2 Å². The summed E-state index contributed by atoms with van der Waals surface area (Å²) in [6, 6.07) is 1.42. The van der Waals surface area contributed by atoms with Gasteiger partial charge in [0.15, 0.2) is 0 Å². The van der Waals surface area contributed by atoms with Gasteiger partial charge in [0, 0.05) is 6.42 Å². The fourth-order valence-corrected chi connectivity index (χ4v) is 4.62. The van der Waals surface area contributed by atoms with Crippen molar-refractivity contribution in [2.75, 3.05) is 6.61 Å². The molecule has 20 heavy (non-hydrogen) atoms. The molecule has 0 amide bonds. The fourth-order valence-electron chi connectivity index (χ4n) is 1.62. The summed E-state index contributed by atoms with van der Waals surface area (Å²) in [6.07, 6.45) is -5.70. The molecule has 0 fully saturated rings. The number of nitrogens with zero attached hydrogens (tertiary/aromatic N) is 1. The van der Waals surface area contributed by atoms with Crippen molar-refractivity contribution in [1.82, 2.24) is 3.82 Å². The molecular weight excluding hydrogens is 339 g/mol. The van der Waals surface area contributed by atoms with Gasteiger partial charge < -0.3 is 5.11 Å². The van der Waals surface area contributed by atoms with Crippen LogP contribution >= 0.6 is 23.1 Å². The minimum absolute atomic E-state index is 0.0924. The quantitative estimate of drug-likeness (QED) is 0.802. The lowest BCUT2D eigenvalue weighted by Crippen LogP contribution is -2.41. The maximum Gasteiger partial charge on any atom is 0.389 e. The number of thiophene rings is 1. The first-order valence-corrected chi connectivity index (χ1v) is 8.16. The van der Waals surface area contributed by atoms with Crippen LogP contribution in [0.2, 0.25) is 0 Å². The Morgan fingerprint density at radius 1 is 1.50 bits per heavy atom. The Kier molecular flexibility index (Phi) is 5.85. The third-order valence-corrected chi connectivity index (χ3v) is 6.39. The molecule has 4 nitrogen and oxygen atoms in total. The van der Waals surface area contributed by atoms with Crippen LogP contribution in [0.25, 0.3) is 0 Å². The third-order valence-electron chi connectivity index (χ3n) is 2.64. The first-order chi connectivity index (χ1) is 9.09. The normalized spacial score (nSPS) is 16.4. The van der Waals surface area contributed by atoms with Crippen LogP contribution in [-0.2, 0) is 10.0 Å². The second-order valence-electron chi connectivity index (χ2n) is 4.23. The lowest BCUT2D eigenvalue weighted by atomic mass is 10.00. The average Bonchev–Trinajstić information content (AvgIpc) is 2.80. The van der Waals surface area contributed by atoms with Gasteiger partial charge in [-0.2, -0.15) is 13.2 Å². The van der Waals surface area contributed by atoms with Gasteiger partial charge in [-0.05, 0) is 29.1 Å². The summed E-state index contributed by atoms with van der Waals surface area (Å²) in [7, 11) is -4.12. The van der Waals surface area contributed by atoms with Crippen LogP contribution < -0.4 is 0 Å². The van der Waals surface area contributed by atoms with Gasteiger partial charge in [0.1, 0.15) is 4.21 Å². The third kappa shape index (κ3) is 4.32. The molecule has 0 aromatic carbocycles. The SMILES string of the molecule is C[C@H](CC(F)(F)F)[C@@H](CO)N(Cl)S(=O)(=O)c1cccs1. The summed E-state index contributed by atoms with van der Waals surface area (Å²) >= 11 is 6.57. The van der Waals surface area contributed by atoms with E-state index in [0.717, 1.165) is 11.3 Å². The number of rotatable bonds is 6. The maximum absolute atomic E-state index is 12.3. The molecule has 0 aliphatic carbocycles. The lowest BCUT2D eigenvalue weighted by molar-refractivity contribution is -0.146. The van der Waals surface area contributed by atoms with E-state index in [1.165, 1.54) is 24.4 Å². The highest BCUT2D eigenvalue weighted by Gasteiger charge is 2.39. The summed E-state index contributed by atoms with van der Waals surface area (Å²) in [4.78, 5) is 0. The Bertz CT molecular complexity index is 518. The highest BCUT2D eigenvalue weighted by molar-refractivity contribution is 7.92. The zero-order valence-electron chi connectivity index (χ0n) is 10.3. The zero-order chi connectivity index (χ0) is 15.6. The van der Waals surface area contributed by atoms with Gasteiger partial charge in [-0.15, -0.1) is 15.2 Å². The first-order valence-electron chi connectivity index (χ1n) is 5.51. The molecule has 0 aliphatic rings. The summed E-state index contributed by atoms with van der Waals surface area (Å²) < 4.78 is 61.4. The number of aliphatic hydroxyl groups excluding tert-OH is 1. The van der Waals surface area contributed by atoms with Crippen molar-refractivity contribution < 1.29 is 26.7 Å². The average molecular weight is 352 g/mol. The Labute approximate surface area is 123 Å². The molecule has 1 aromatic heterocycles. The monoisotopic (exact) mass is 351 g/mol. The van der Waals surface area contributed by atoms with Crippen LogP contribution in [0, 0.1) is 5.92 Å². The van der Waals surface area contributed by atoms with Gasteiger partial charge in [0.25, 0.3) is 10.0 Å². The standard InChI is InChI=1S/C10H13ClF3NO3S2/c1-7(5-10(12,13)14)8(6-16)15(11)20(17,18)9-3-2-4-19-9/h2-4,7-8,16H,5-6H2,1H3/t7-,8-/m1/s1. The van der Waals surface area contributed by atoms with Crippen LogP contribution in [0.15, 0.2) is 21.7 Å². The number of halogens is 4. The predicted molar refractivity (Wildman–Crippen MR) is 69.9 cm³/mol. The van der Waals surface area contributed by atoms with Crippen molar-refractivity contribution in [3.05, 3.63) is 17.5 Å². The van der Waals surface area contributed by atoms with E-state index in [0.29, 0.717) is 0 Å². The van der Waals surface area contributed by atoms with E-state index in [2.05, 4.69) is 0 Å². The van der Waals surface area contributed by atoms with Gasteiger partial charge in [0.05, 0.1) is 12.6 Å². The minimum atomic E-state index is -4.46. The molecule has 1 heterocycles. The molecule has 0 spiro atoms. The summed E-state index contributed by atoms with van der Waals surface area (Å²) in [6.45, 7) is 0.388. The second-order valence-corrected chi connectivity index (χ2v) is 7.78. The van der Waals surface area contributed by atoms with E-state index < -0.39 is 41.2 Å². The smallest absolute Gasteiger partial charge is 0.389 e. The zero-order valence-corrected chi connectivity index (χ0v) is 12.7. The van der Waals surface area contributed by atoms with Crippen molar-refractivity contribution in [1.29, 1.82) is 0 Å². The van der Waals surface area contributed by atoms with Gasteiger partial charge >= 0.3 is 6.18 Å². The molecule has 0 saturated heterocycles. The molecule has 0 radical (unpaired) electrons. The molecule has 1 N–H and O–H groups in total. The molecular formula is C10H13ClF3NO3S2. The lowest BCUT2D eigenvalue weighted by Gasteiger charge is -2.28. The van der Waals surface area contributed by atoms with Crippen LogP contribution in [0.3, 0.4) is 0 Å². The second kappa shape index (κ2) is 6.61. The molecule has 1 rings (SSSR count). The van der Waals surface area contributed by atoms with Crippen molar-refractivity contribution in [3.63, 3.8) is 0 Å². The Balaban J connectivity index is 2.95. The van der Waals surface area contributed by atoms with Crippen molar-refractivity contribution >= 4 is 33.1 Å². The summed E-state index contributed by atoms with van der Waals surface area (Å²) in [5, 5.41) is 10.7. The highest BCUT2D eigenvalue weighted by atomic mass is 35.5. The van der Waals surface area contributed by atoms with Gasteiger partial charge in [0.2, 0.25) is 0 Å². The van der Waals surface area contributed by atoms with Gasteiger partial charge in [-0.3, -0.25) is 0 Å². The molecule has 0 bridgehead atoms. The maximum atomic E-state index is 12.3. The van der Waals surface area contributed by atoms with E-state index in [1.807, 2.05) is 0 Å². The van der Waals surface area contributed by atoms with E-state index in [1.54, 1.807) is 0 Å². The molecule has 1 aromatic rings. The van der Waals surface area contributed by atoms with E-state index >= 15 is 0 Å². The minimum Gasteiger partial charge on any atom is -0.395 e. The van der Waals surface area contributed by atoms with Crippen molar-refractivity contribution in [3.8, 4) is 0 Å². The molecule has 116 valence electrons. The topological polar surface area (TPSA) is 57.6 Å². The number of alkyl halides is 3. The number of hydrogen-bond acceptors (Lipinski definition) is 4. The molecule has 0 aliphatic heterocycles. The van der Waals surface area contributed by atoms with Crippen LogP contribution in [0.4, 0.5) is 13.2 Å². The van der Waals surface area contributed by atoms with Gasteiger partial charge in [-0.25, -0.2) is 8.42 Å². The Hall–Kier alpha value is -0.350. The molecule has 0 saturated carbocycles. The summed E-state index contributed by atoms with van der Waals surface area (Å²) in [5.74, 6) is -1.17. The highest BCUT2D eigenvalue weighted by Crippen LogP contribution is 2.32.